The number of carbonyl (C=O) groups is 2. The topological polar surface area (TPSA) is 122 Å². The van der Waals surface area contributed by atoms with Gasteiger partial charge in [-0.15, -0.1) is 12.4 Å². The molecule has 0 amide bonds. The molecular formula is C27H30ClN3O6. The lowest BCUT2D eigenvalue weighted by Crippen LogP contribution is -2.41. The molecule has 2 aliphatic heterocycles. The second-order valence-corrected chi connectivity index (χ2v) is 9.18. The van der Waals surface area contributed by atoms with Crippen molar-refractivity contribution >= 4 is 30.0 Å². The van der Waals surface area contributed by atoms with Crippen molar-refractivity contribution in [2.45, 2.75) is 45.3 Å². The number of benzene rings is 2. The fourth-order valence-electron chi connectivity index (χ4n) is 5.01. The molecule has 2 N–H and O–H groups in total. The highest BCUT2D eigenvalue weighted by Crippen LogP contribution is 2.40. The van der Waals surface area contributed by atoms with Crippen molar-refractivity contribution in [2.24, 2.45) is 0 Å². The van der Waals surface area contributed by atoms with Crippen molar-refractivity contribution in [3.8, 4) is 0 Å². The third-order valence-corrected chi connectivity index (χ3v) is 6.61. The first-order valence-electron chi connectivity index (χ1n) is 11.9. The zero-order valence-electron chi connectivity index (χ0n) is 20.7. The van der Waals surface area contributed by atoms with Crippen molar-refractivity contribution in [1.29, 1.82) is 0 Å². The number of esters is 1. The van der Waals surface area contributed by atoms with Gasteiger partial charge < -0.3 is 15.2 Å². The van der Waals surface area contributed by atoms with Crippen molar-refractivity contribution in [2.75, 3.05) is 13.1 Å². The molecular weight excluding hydrogens is 498 g/mol. The molecule has 1 saturated heterocycles. The lowest BCUT2D eigenvalue weighted by Gasteiger charge is -2.34. The zero-order chi connectivity index (χ0) is 25.8. The minimum absolute atomic E-state index is 0. The molecule has 0 saturated carbocycles. The first-order chi connectivity index (χ1) is 17.2. The molecule has 0 radical (unpaired) electrons. The number of hydrogen-bond acceptors (Lipinski definition) is 7. The fourth-order valence-corrected chi connectivity index (χ4v) is 5.01. The lowest BCUT2D eigenvalue weighted by atomic mass is 9.80. The van der Waals surface area contributed by atoms with E-state index in [0.717, 1.165) is 19.5 Å². The Hall–Kier alpha value is -3.69. The van der Waals surface area contributed by atoms with Gasteiger partial charge in [0.05, 0.1) is 22.0 Å². The Balaban J connectivity index is 0.00000380. The Morgan fingerprint density at radius 1 is 1.11 bits per heavy atom. The number of carbonyl (C=O) groups excluding carboxylic acids is 1. The van der Waals surface area contributed by atoms with Crippen LogP contribution in [0.4, 0.5) is 5.69 Å². The van der Waals surface area contributed by atoms with Crippen LogP contribution in [0.5, 0.6) is 0 Å². The number of ether oxygens (including phenoxy) is 1. The number of hydrogen-bond donors (Lipinski definition) is 2. The molecule has 0 bridgehead atoms. The third kappa shape index (κ3) is 6.36. The van der Waals surface area contributed by atoms with Crippen LogP contribution in [0.3, 0.4) is 0 Å². The minimum atomic E-state index is -1.21. The summed E-state index contributed by atoms with van der Waals surface area (Å²) in [4.78, 5) is 38.8. The van der Waals surface area contributed by atoms with E-state index in [1.54, 1.807) is 19.9 Å². The molecule has 2 aromatic rings. The molecule has 2 atom stereocenters. The summed E-state index contributed by atoms with van der Waals surface area (Å²) >= 11 is 0. The summed E-state index contributed by atoms with van der Waals surface area (Å²) in [5.41, 5.74) is 2.31. The molecule has 2 heterocycles. The smallest absolute Gasteiger partial charge is 0.337 e. The summed E-state index contributed by atoms with van der Waals surface area (Å²) in [6.07, 6.45) is 1.23. The number of nitro groups is 1. The summed E-state index contributed by atoms with van der Waals surface area (Å²) < 4.78 is 5.93. The van der Waals surface area contributed by atoms with Crippen molar-refractivity contribution in [3.63, 3.8) is 0 Å². The van der Waals surface area contributed by atoms with E-state index in [2.05, 4.69) is 22.3 Å². The number of aliphatic carboxylic acids is 1. The maximum atomic E-state index is 13.5. The third-order valence-electron chi connectivity index (χ3n) is 6.61. The Morgan fingerprint density at radius 2 is 1.81 bits per heavy atom. The summed E-state index contributed by atoms with van der Waals surface area (Å²) in [7, 11) is 0. The van der Waals surface area contributed by atoms with Gasteiger partial charge in [0.25, 0.3) is 5.69 Å². The van der Waals surface area contributed by atoms with Gasteiger partial charge in [-0.25, -0.2) is 9.59 Å². The highest BCUT2D eigenvalue weighted by Gasteiger charge is 2.38. The molecule has 196 valence electrons. The van der Waals surface area contributed by atoms with Gasteiger partial charge in [-0.05, 0) is 44.4 Å². The fraction of sp³-hybridized carbons (Fsp3) is 0.333. The normalized spacial score (nSPS) is 20.1. The molecule has 2 aliphatic rings. The van der Waals surface area contributed by atoms with Gasteiger partial charge in [0.15, 0.2) is 0 Å². The summed E-state index contributed by atoms with van der Waals surface area (Å²) in [6, 6.07) is 15.8. The van der Waals surface area contributed by atoms with E-state index in [1.165, 1.54) is 23.8 Å². The molecule has 37 heavy (non-hydrogen) atoms. The van der Waals surface area contributed by atoms with Crippen molar-refractivity contribution in [3.05, 3.63) is 98.4 Å². The van der Waals surface area contributed by atoms with E-state index in [9.17, 15) is 24.8 Å². The Kier molecular flexibility index (Phi) is 9.07. The molecule has 1 fully saturated rings. The van der Waals surface area contributed by atoms with Gasteiger partial charge in [0.2, 0.25) is 0 Å². The molecule has 9 nitrogen and oxygen atoms in total. The van der Waals surface area contributed by atoms with Gasteiger partial charge in [-0.1, -0.05) is 42.5 Å². The van der Waals surface area contributed by atoms with E-state index in [1.807, 2.05) is 18.2 Å². The number of carboxylic acid groups (broad SMARTS) is 1. The predicted octanol–water partition coefficient (Wildman–Crippen LogP) is 4.54. The number of nitrogens with zero attached hydrogens (tertiary/aromatic N) is 2. The first kappa shape index (κ1) is 27.9. The van der Waals surface area contributed by atoms with Crippen LogP contribution >= 0.6 is 12.4 Å². The van der Waals surface area contributed by atoms with Crippen molar-refractivity contribution < 1.29 is 24.4 Å². The predicted molar refractivity (Wildman–Crippen MR) is 140 cm³/mol. The molecule has 10 heteroatoms. The first-order valence-corrected chi connectivity index (χ1v) is 11.9. The van der Waals surface area contributed by atoms with E-state index < -0.39 is 22.8 Å². The maximum absolute atomic E-state index is 13.5. The van der Waals surface area contributed by atoms with Crippen LogP contribution in [0.1, 0.15) is 43.7 Å². The molecule has 4 rings (SSSR count). The number of carboxylic acids is 1. The van der Waals surface area contributed by atoms with Crippen LogP contribution in [0, 0.1) is 10.1 Å². The zero-order valence-corrected chi connectivity index (χ0v) is 21.5. The number of allylic oxidation sites excluding steroid dienone is 2. The Bertz CT molecular complexity index is 1240. The standard InChI is InChI=1S/C27H29N3O6.ClH/c1-17-23(26(31)32)25(20-10-6-11-21(14-20)30(34)35)24(18(2)28-17)27(33)36-22-12-7-13-29(16-22)15-19-8-4-3-5-9-19;/h3-6,8-11,14,22,25,28H,7,12-13,15-16H2,1-2H3,(H,31,32);1H/t22-,25?;/m0./s1. The molecule has 0 spiro atoms. The van der Waals surface area contributed by atoms with Crippen LogP contribution in [0.15, 0.2) is 77.1 Å². The summed E-state index contributed by atoms with van der Waals surface area (Å²) in [5, 5.41) is 24.4. The van der Waals surface area contributed by atoms with Gasteiger partial charge in [-0.2, -0.15) is 0 Å². The molecule has 0 aromatic heterocycles. The highest BCUT2D eigenvalue weighted by molar-refractivity contribution is 5.99. The summed E-state index contributed by atoms with van der Waals surface area (Å²) in [6.45, 7) is 5.52. The SMILES string of the molecule is CC1=C(C(=O)O)C(c2cccc([N+](=O)[O-])c2)C(C(=O)O[C@H]2CCCN(Cc3ccccc3)C2)=C(C)N1.Cl. The lowest BCUT2D eigenvalue weighted by molar-refractivity contribution is -0.384. The van der Waals surface area contributed by atoms with Gasteiger partial charge >= 0.3 is 11.9 Å². The number of non-ortho nitro benzene ring substituents is 1. The van der Waals surface area contributed by atoms with Crippen LogP contribution in [-0.4, -0.2) is 46.1 Å². The van der Waals surface area contributed by atoms with E-state index in [4.69, 9.17) is 4.74 Å². The Morgan fingerprint density at radius 3 is 2.49 bits per heavy atom. The van der Waals surface area contributed by atoms with Crippen LogP contribution < -0.4 is 5.32 Å². The highest BCUT2D eigenvalue weighted by atomic mass is 35.5. The molecule has 2 aromatic carbocycles. The van der Waals surface area contributed by atoms with E-state index in [-0.39, 0.29) is 35.3 Å². The van der Waals surface area contributed by atoms with Crippen molar-refractivity contribution in [1.82, 2.24) is 10.2 Å². The van der Waals surface area contributed by atoms with Gasteiger partial charge in [-0.3, -0.25) is 15.0 Å². The monoisotopic (exact) mass is 527 g/mol. The maximum Gasteiger partial charge on any atom is 0.337 e. The second kappa shape index (κ2) is 12.0. The number of nitrogens with one attached hydrogen (secondary N) is 1. The van der Waals surface area contributed by atoms with Crippen LogP contribution in [0.25, 0.3) is 0 Å². The van der Waals surface area contributed by atoms with Crippen LogP contribution in [0.2, 0.25) is 0 Å². The number of likely N-dealkylation sites (tertiary alicyclic amines) is 1. The number of piperidine rings is 1. The summed E-state index contributed by atoms with van der Waals surface area (Å²) in [5.74, 6) is -2.82. The second-order valence-electron chi connectivity index (χ2n) is 9.18. The quantitative estimate of drug-likeness (QED) is 0.305. The Labute approximate surface area is 221 Å². The average molecular weight is 528 g/mol. The molecule has 1 unspecified atom stereocenters. The van der Waals surface area contributed by atoms with E-state index in [0.29, 0.717) is 29.9 Å². The van der Waals surface area contributed by atoms with Gasteiger partial charge in [0, 0.05) is 36.6 Å². The number of nitro benzene ring substituents is 1. The largest absolute Gasteiger partial charge is 0.478 e. The minimum Gasteiger partial charge on any atom is -0.478 e. The number of halogens is 1. The van der Waals surface area contributed by atoms with Gasteiger partial charge in [0.1, 0.15) is 6.10 Å². The number of dihydropyridines is 1. The number of rotatable bonds is 7. The van der Waals surface area contributed by atoms with Crippen LogP contribution in [-0.2, 0) is 20.9 Å². The van der Waals surface area contributed by atoms with E-state index >= 15 is 0 Å². The molecule has 0 aliphatic carbocycles. The average Bonchev–Trinajstić information content (AvgIpc) is 2.84.